The van der Waals surface area contributed by atoms with Crippen LogP contribution in [0.2, 0.25) is 0 Å². The molecule has 0 atom stereocenters. The van der Waals surface area contributed by atoms with Gasteiger partial charge in [-0.25, -0.2) is 0 Å². The van der Waals surface area contributed by atoms with Crippen LogP contribution in [-0.2, 0) is 0 Å². The third-order valence-corrected chi connectivity index (χ3v) is 7.76. The normalized spacial score (nSPS) is 10.8. The van der Waals surface area contributed by atoms with E-state index in [1.165, 1.54) is 10.6 Å². The maximum Gasteiger partial charge on any atom is 0.0873 e. The molecule has 0 spiro atoms. The zero-order chi connectivity index (χ0) is 14.7. The van der Waals surface area contributed by atoms with Gasteiger partial charge >= 0.3 is 0 Å². The molecule has 1 heterocycles. The lowest BCUT2D eigenvalue weighted by Gasteiger charge is -2.19. The van der Waals surface area contributed by atoms with E-state index >= 15 is 0 Å². The number of hydrogen-bond donors (Lipinski definition) is 0. The van der Waals surface area contributed by atoms with Gasteiger partial charge in [0.15, 0.2) is 0 Å². The lowest BCUT2D eigenvalue weighted by atomic mass is 10.4. The maximum atomic E-state index is 4.64. The molecule has 0 saturated heterocycles. The van der Waals surface area contributed by atoms with Crippen LogP contribution >= 0.6 is 39.8 Å². The van der Waals surface area contributed by atoms with E-state index < -0.39 is 7.92 Å². The van der Waals surface area contributed by atoms with E-state index in [-0.39, 0.29) is 0 Å². The summed E-state index contributed by atoms with van der Waals surface area (Å²) in [4.78, 5) is 4.64. The van der Waals surface area contributed by atoms with Crippen molar-refractivity contribution in [1.82, 2.24) is 4.98 Å². The molecule has 0 aliphatic heterocycles. The van der Waals surface area contributed by atoms with Gasteiger partial charge in [0.05, 0.1) is 9.91 Å². The molecule has 2 aromatic carbocycles. The molecule has 1 nitrogen and oxygen atoms in total. The van der Waals surface area contributed by atoms with E-state index in [4.69, 9.17) is 0 Å². The summed E-state index contributed by atoms with van der Waals surface area (Å²) in [6.45, 7) is 0. The number of rotatable bonds is 3. The second-order valence-corrected chi connectivity index (χ2v) is 8.21. The number of hydrogen-bond acceptors (Lipinski definition) is 1. The minimum Gasteiger partial charge on any atom is -0.255 e. The summed E-state index contributed by atoms with van der Waals surface area (Å²) >= 11 is 7.27. The Morgan fingerprint density at radius 3 is 1.76 bits per heavy atom. The van der Waals surface area contributed by atoms with Gasteiger partial charge in [-0.15, -0.1) is 0 Å². The van der Waals surface area contributed by atoms with E-state index in [1.54, 1.807) is 0 Å². The van der Waals surface area contributed by atoms with Crippen molar-refractivity contribution in [2.75, 3.05) is 0 Å². The largest absolute Gasteiger partial charge is 0.255 e. The molecule has 1 aromatic heterocycles. The molecular formula is C17H12Br2NP. The molecule has 0 N–H and O–H groups in total. The van der Waals surface area contributed by atoms with E-state index in [0.29, 0.717) is 0 Å². The van der Waals surface area contributed by atoms with Crippen LogP contribution in [0.3, 0.4) is 0 Å². The van der Waals surface area contributed by atoms with E-state index in [0.717, 1.165) is 14.4 Å². The molecule has 21 heavy (non-hydrogen) atoms. The van der Waals surface area contributed by atoms with Gasteiger partial charge in [-0.2, -0.15) is 0 Å². The fourth-order valence-electron chi connectivity index (χ4n) is 2.11. The summed E-state index contributed by atoms with van der Waals surface area (Å²) in [5.41, 5.74) is 1.08. The van der Waals surface area contributed by atoms with Gasteiger partial charge in [0.1, 0.15) is 0 Å². The highest BCUT2D eigenvalue weighted by atomic mass is 79.9. The van der Waals surface area contributed by atoms with Crippen molar-refractivity contribution in [2.45, 2.75) is 0 Å². The first kappa shape index (κ1) is 14.9. The Morgan fingerprint density at radius 2 is 1.24 bits per heavy atom. The minimum absolute atomic E-state index is 0.671. The average molecular weight is 421 g/mol. The molecule has 0 aliphatic rings. The van der Waals surface area contributed by atoms with Crippen molar-refractivity contribution in [1.29, 1.82) is 0 Å². The lowest BCUT2D eigenvalue weighted by molar-refractivity contribution is 1.36. The molecule has 4 heteroatoms. The SMILES string of the molecule is Brc1ccnc(P(c2ccccc2)c2ccccc2)c1Br. The summed E-state index contributed by atoms with van der Waals surface area (Å²) in [5.74, 6) is 0. The van der Waals surface area contributed by atoms with Crippen molar-refractivity contribution in [3.63, 3.8) is 0 Å². The van der Waals surface area contributed by atoms with Crippen LogP contribution in [0, 0.1) is 0 Å². The molecule has 0 bridgehead atoms. The third kappa shape index (κ3) is 3.26. The first-order valence-corrected chi connectivity index (χ1v) is 9.40. The minimum atomic E-state index is -0.671. The van der Waals surface area contributed by atoms with Gasteiger partial charge in [-0.3, -0.25) is 4.98 Å². The van der Waals surface area contributed by atoms with Crippen LogP contribution in [0.1, 0.15) is 0 Å². The highest BCUT2D eigenvalue weighted by Gasteiger charge is 2.21. The number of halogens is 2. The molecule has 3 rings (SSSR count). The number of benzene rings is 2. The summed E-state index contributed by atoms with van der Waals surface area (Å²) in [5, 5.41) is 2.59. The highest BCUT2D eigenvalue weighted by Crippen LogP contribution is 2.36. The molecule has 0 amide bonds. The first-order chi connectivity index (χ1) is 10.3. The fraction of sp³-hybridized carbons (Fsp3) is 0. The molecule has 0 saturated carbocycles. The Morgan fingerprint density at radius 1 is 0.714 bits per heavy atom. The number of pyridine rings is 1. The molecule has 0 fully saturated rings. The third-order valence-electron chi connectivity index (χ3n) is 3.06. The molecular weight excluding hydrogens is 409 g/mol. The molecule has 0 unspecified atom stereocenters. The maximum absolute atomic E-state index is 4.64. The van der Waals surface area contributed by atoms with Crippen LogP contribution < -0.4 is 16.0 Å². The number of nitrogens with zero attached hydrogens (tertiary/aromatic N) is 1. The Hall–Kier alpha value is -1.02. The predicted octanol–water partition coefficient (Wildman–Crippen LogP) is 4.36. The van der Waals surface area contributed by atoms with Gasteiger partial charge in [-0.1, -0.05) is 60.7 Å². The Bertz CT molecular complexity index is 693. The Labute approximate surface area is 142 Å². The first-order valence-electron chi connectivity index (χ1n) is 6.47. The zero-order valence-corrected chi connectivity index (χ0v) is 15.1. The fourth-order valence-corrected chi connectivity index (χ4v) is 5.57. The van der Waals surface area contributed by atoms with Crippen LogP contribution in [-0.4, -0.2) is 4.98 Å². The van der Waals surface area contributed by atoms with E-state index in [1.807, 2.05) is 24.4 Å². The Kier molecular flexibility index (Phi) is 4.84. The number of aromatic nitrogens is 1. The van der Waals surface area contributed by atoms with Gasteiger partial charge in [0, 0.05) is 18.6 Å². The summed E-state index contributed by atoms with van der Waals surface area (Å²) in [7, 11) is -0.671. The van der Waals surface area contributed by atoms with Crippen LogP contribution in [0.5, 0.6) is 0 Å². The predicted molar refractivity (Wildman–Crippen MR) is 98.3 cm³/mol. The molecule has 104 valence electrons. The van der Waals surface area contributed by atoms with Crippen molar-refractivity contribution < 1.29 is 0 Å². The van der Waals surface area contributed by atoms with Crippen molar-refractivity contribution >= 4 is 55.8 Å². The second-order valence-electron chi connectivity index (χ2n) is 4.44. The van der Waals surface area contributed by atoms with Crippen LogP contribution in [0.25, 0.3) is 0 Å². The van der Waals surface area contributed by atoms with Crippen LogP contribution in [0.4, 0.5) is 0 Å². The lowest BCUT2D eigenvalue weighted by Crippen LogP contribution is -2.23. The van der Waals surface area contributed by atoms with Crippen LogP contribution in [0.15, 0.2) is 81.9 Å². The average Bonchev–Trinajstić information content (AvgIpc) is 2.54. The second kappa shape index (κ2) is 6.83. The monoisotopic (exact) mass is 419 g/mol. The van der Waals surface area contributed by atoms with Crippen molar-refractivity contribution in [2.24, 2.45) is 0 Å². The van der Waals surface area contributed by atoms with E-state index in [9.17, 15) is 0 Å². The van der Waals surface area contributed by atoms with Gasteiger partial charge in [0.25, 0.3) is 0 Å². The molecule has 0 aliphatic carbocycles. The summed E-state index contributed by atoms with van der Waals surface area (Å²) in [6.07, 6.45) is 1.85. The summed E-state index contributed by atoms with van der Waals surface area (Å²) in [6, 6.07) is 23.1. The Balaban J connectivity index is 2.20. The smallest absolute Gasteiger partial charge is 0.0873 e. The quantitative estimate of drug-likeness (QED) is 0.573. The van der Waals surface area contributed by atoms with Gasteiger partial charge in [-0.05, 0) is 48.5 Å². The van der Waals surface area contributed by atoms with Gasteiger partial charge < -0.3 is 0 Å². The van der Waals surface area contributed by atoms with Gasteiger partial charge in [0.2, 0.25) is 0 Å². The highest BCUT2D eigenvalue weighted by molar-refractivity contribution is 9.13. The summed E-state index contributed by atoms with van der Waals surface area (Å²) < 4.78 is 2.07. The topological polar surface area (TPSA) is 12.9 Å². The standard InChI is InChI=1S/C17H12Br2NP/c18-15-11-12-20-17(16(15)19)21(13-7-3-1-4-8-13)14-9-5-2-6-10-14/h1-12H. The zero-order valence-electron chi connectivity index (χ0n) is 11.1. The van der Waals surface area contributed by atoms with E-state index in [2.05, 4.69) is 85.4 Å². The van der Waals surface area contributed by atoms with Crippen molar-refractivity contribution in [3.8, 4) is 0 Å². The molecule has 3 aromatic rings. The van der Waals surface area contributed by atoms with Crippen molar-refractivity contribution in [3.05, 3.63) is 81.9 Å². The molecule has 0 radical (unpaired) electrons.